The van der Waals surface area contributed by atoms with Crippen molar-refractivity contribution in [3.05, 3.63) is 56.8 Å². The molecule has 1 aliphatic rings. The number of halogens is 1. The number of oxazole rings is 1. The summed E-state index contributed by atoms with van der Waals surface area (Å²) in [6.07, 6.45) is 5.08. The fourth-order valence-corrected chi connectivity index (χ4v) is 4.60. The number of likely N-dealkylation sites (tertiary alicyclic amines) is 1. The van der Waals surface area contributed by atoms with Crippen molar-refractivity contribution >= 4 is 33.2 Å². The van der Waals surface area contributed by atoms with Crippen molar-refractivity contribution in [2.45, 2.75) is 25.8 Å². The molecule has 1 saturated heterocycles. The van der Waals surface area contributed by atoms with E-state index in [1.165, 1.54) is 6.26 Å². The smallest absolute Gasteiger partial charge is 0.254 e. The average Bonchev–Trinajstić information content (AvgIpc) is 3.34. The quantitative estimate of drug-likeness (QED) is 0.611. The molecule has 1 amide bonds. The predicted octanol–water partition coefficient (Wildman–Crippen LogP) is 4.85. The zero-order chi connectivity index (χ0) is 17.4. The lowest BCUT2D eigenvalue weighted by Crippen LogP contribution is -2.30. The number of carbonyl (C=O) groups is 1. The van der Waals surface area contributed by atoms with Gasteiger partial charge in [-0.15, -0.1) is 11.3 Å². The van der Waals surface area contributed by atoms with Gasteiger partial charge in [0.25, 0.3) is 5.91 Å². The van der Waals surface area contributed by atoms with Gasteiger partial charge in [-0.25, -0.2) is 9.97 Å². The number of hydrogen-bond acceptors (Lipinski definition) is 5. The molecule has 3 heterocycles. The Morgan fingerprint density at radius 1 is 1.40 bits per heavy atom. The number of thiazole rings is 1. The molecule has 128 valence electrons. The third-order valence-corrected chi connectivity index (χ3v) is 5.78. The number of carbonyl (C=O) groups excluding carboxylic acids is 1. The van der Waals surface area contributed by atoms with E-state index >= 15 is 0 Å². The fourth-order valence-electron chi connectivity index (χ4n) is 3.16. The summed E-state index contributed by atoms with van der Waals surface area (Å²) in [5.41, 5.74) is 2.42. The molecule has 0 unspecified atom stereocenters. The number of amides is 1. The van der Waals surface area contributed by atoms with Gasteiger partial charge in [-0.3, -0.25) is 4.79 Å². The lowest BCUT2D eigenvalue weighted by molar-refractivity contribution is 0.0735. The highest BCUT2D eigenvalue weighted by atomic mass is 79.9. The monoisotopic (exact) mass is 417 g/mol. The third-order valence-electron chi connectivity index (χ3n) is 4.26. The standard InChI is InChI=1S/C18H16BrN3O2S/c1-11-10-25-17(21-11)15-3-2-5-22(15)18(23)13-7-12(8-14(19)9-13)16-20-4-6-24-16/h4,6-10,15H,2-3,5H2,1H3/t15-/m1/s1. The van der Waals surface area contributed by atoms with E-state index in [9.17, 15) is 4.79 Å². The molecule has 25 heavy (non-hydrogen) atoms. The molecule has 1 aliphatic heterocycles. The van der Waals surface area contributed by atoms with Crippen LogP contribution >= 0.6 is 27.3 Å². The maximum Gasteiger partial charge on any atom is 0.254 e. The van der Waals surface area contributed by atoms with E-state index in [0.717, 1.165) is 40.1 Å². The maximum absolute atomic E-state index is 13.1. The minimum Gasteiger partial charge on any atom is -0.445 e. The number of aromatic nitrogens is 2. The van der Waals surface area contributed by atoms with Gasteiger partial charge in [0.1, 0.15) is 11.3 Å². The molecule has 0 N–H and O–H groups in total. The zero-order valence-corrected chi connectivity index (χ0v) is 16.0. The van der Waals surface area contributed by atoms with Crippen molar-refractivity contribution in [1.29, 1.82) is 0 Å². The molecule has 3 aromatic rings. The van der Waals surface area contributed by atoms with Crippen LogP contribution in [0.15, 0.2) is 44.9 Å². The van der Waals surface area contributed by atoms with E-state index in [2.05, 4.69) is 25.9 Å². The largest absolute Gasteiger partial charge is 0.445 e. The zero-order valence-electron chi connectivity index (χ0n) is 13.6. The van der Waals surface area contributed by atoms with Crippen LogP contribution in [0.3, 0.4) is 0 Å². The van der Waals surface area contributed by atoms with Crippen LogP contribution < -0.4 is 0 Å². The Balaban J connectivity index is 1.66. The van der Waals surface area contributed by atoms with Gasteiger partial charge >= 0.3 is 0 Å². The molecule has 0 bridgehead atoms. The first-order valence-electron chi connectivity index (χ1n) is 8.05. The highest BCUT2D eigenvalue weighted by Crippen LogP contribution is 2.35. The number of hydrogen-bond donors (Lipinski definition) is 0. The van der Waals surface area contributed by atoms with E-state index < -0.39 is 0 Å². The van der Waals surface area contributed by atoms with E-state index in [4.69, 9.17) is 4.42 Å². The molecule has 1 atom stereocenters. The first-order chi connectivity index (χ1) is 12.1. The summed E-state index contributed by atoms with van der Waals surface area (Å²) in [4.78, 5) is 23.8. The van der Waals surface area contributed by atoms with Crippen LogP contribution in [0.4, 0.5) is 0 Å². The molecular weight excluding hydrogens is 402 g/mol. The number of aryl methyl sites for hydroxylation is 1. The van der Waals surface area contributed by atoms with Gasteiger partial charge in [0.15, 0.2) is 0 Å². The second kappa shape index (κ2) is 6.72. The van der Waals surface area contributed by atoms with Crippen molar-refractivity contribution in [2.75, 3.05) is 6.54 Å². The van der Waals surface area contributed by atoms with Gasteiger partial charge in [-0.1, -0.05) is 15.9 Å². The molecule has 4 rings (SSSR count). The summed E-state index contributed by atoms with van der Waals surface area (Å²) < 4.78 is 6.19. The summed E-state index contributed by atoms with van der Waals surface area (Å²) in [7, 11) is 0. The van der Waals surface area contributed by atoms with Crippen molar-refractivity contribution < 1.29 is 9.21 Å². The predicted molar refractivity (Wildman–Crippen MR) is 99.5 cm³/mol. The Morgan fingerprint density at radius 2 is 2.28 bits per heavy atom. The van der Waals surface area contributed by atoms with Crippen LogP contribution in [0.2, 0.25) is 0 Å². The van der Waals surface area contributed by atoms with Gasteiger partial charge in [0.05, 0.1) is 12.2 Å². The van der Waals surface area contributed by atoms with Crippen molar-refractivity contribution in [3.63, 3.8) is 0 Å². The SMILES string of the molecule is Cc1csc([C@H]2CCCN2C(=O)c2cc(Br)cc(-c3ncco3)c2)n1. The van der Waals surface area contributed by atoms with Gasteiger partial charge < -0.3 is 9.32 Å². The Bertz CT molecular complexity index is 907. The van der Waals surface area contributed by atoms with Crippen LogP contribution in [0.1, 0.15) is 39.9 Å². The van der Waals surface area contributed by atoms with E-state index in [1.54, 1.807) is 17.5 Å². The minimum absolute atomic E-state index is 0.0180. The van der Waals surface area contributed by atoms with Crippen LogP contribution in [-0.2, 0) is 0 Å². The molecule has 0 saturated carbocycles. The van der Waals surface area contributed by atoms with E-state index in [-0.39, 0.29) is 11.9 Å². The molecular formula is C18H16BrN3O2S. The minimum atomic E-state index is 0.0180. The second-order valence-electron chi connectivity index (χ2n) is 6.05. The van der Waals surface area contributed by atoms with Gasteiger partial charge in [-0.2, -0.15) is 0 Å². The molecule has 0 spiro atoms. The number of rotatable bonds is 3. The highest BCUT2D eigenvalue weighted by Gasteiger charge is 2.32. The molecule has 1 aromatic carbocycles. The van der Waals surface area contributed by atoms with Crippen LogP contribution in [0, 0.1) is 6.92 Å². The van der Waals surface area contributed by atoms with Gasteiger partial charge in [0.2, 0.25) is 5.89 Å². The molecule has 0 aliphatic carbocycles. The first kappa shape index (κ1) is 16.5. The fraction of sp³-hybridized carbons (Fsp3) is 0.278. The molecule has 5 nitrogen and oxygen atoms in total. The van der Waals surface area contributed by atoms with Crippen molar-refractivity contribution in [2.24, 2.45) is 0 Å². The molecule has 1 fully saturated rings. The molecule has 2 aromatic heterocycles. The van der Waals surface area contributed by atoms with Gasteiger partial charge in [-0.05, 0) is 38.0 Å². The molecule has 7 heteroatoms. The topological polar surface area (TPSA) is 59.2 Å². The highest BCUT2D eigenvalue weighted by molar-refractivity contribution is 9.10. The second-order valence-corrected chi connectivity index (χ2v) is 7.85. The Kier molecular flexibility index (Phi) is 4.43. The Labute approximate surface area is 157 Å². The summed E-state index contributed by atoms with van der Waals surface area (Å²) in [5.74, 6) is 0.522. The lowest BCUT2D eigenvalue weighted by atomic mass is 10.1. The Hall–Kier alpha value is -1.99. The average molecular weight is 418 g/mol. The van der Waals surface area contributed by atoms with Crippen LogP contribution in [-0.4, -0.2) is 27.3 Å². The molecule has 0 radical (unpaired) electrons. The van der Waals surface area contributed by atoms with E-state index in [1.807, 2.05) is 35.4 Å². The van der Waals surface area contributed by atoms with Crippen LogP contribution in [0.25, 0.3) is 11.5 Å². The normalized spacial score (nSPS) is 17.2. The van der Waals surface area contributed by atoms with E-state index in [0.29, 0.717) is 11.5 Å². The van der Waals surface area contributed by atoms with Gasteiger partial charge in [0, 0.05) is 33.2 Å². The number of benzene rings is 1. The summed E-state index contributed by atoms with van der Waals surface area (Å²) in [6, 6.07) is 5.64. The number of nitrogens with zero attached hydrogens (tertiary/aromatic N) is 3. The van der Waals surface area contributed by atoms with Crippen molar-refractivity contribution in [3.8, 4) is 11.5 Å². The summed E-state index contributed by atoms with van der Waals surface area (Å²) in [5, 5.41) is 3.06. The Morgan fingerprint density at radius 3 is 3.00 bits per heavy atom. The van der Waals surface area contributed by atoms with Crippen LogP contribution in [0.5, 0.6) is 0 Å². The third kappa shape index (κ3) is 3.26. The first-order valence-corrected chi connectivity index (χ1v) is 9.72. The maximum atomic E-state index is 13.1. The summed E-state index contributed by atoms with van der Waals surface area (Å²) >= 11 is 5.12. The lowest BCUT2D eigenvalue weighted by Gasteiger charge is -2.23. The summed E-state index contributed by atoms with van der Waals surface area (Å²) in [6.45, 7) is 2.74. The van der Waals surface area contributed by atoms with Crippen molar-refractivity contribution in [1.82, 2.24) is 14.9 Å².